The molecule has 0 aliphatic carbocycles. The van der Waals surface area contributed by atoms with Gasteiger partial charge in [-0.05, 0) is 54.9 Å². The molecule has 0 saturated heterocycles. The summed E-state index contributed by atoms with van der Waals surface area (Å²) in [6.07, 6.45) is 1.70. The van der Waals surface area contributed by atoms with Crippen LogP contribution >= 0.6 is 11.3 Å². The van der Waals surface area contributed by atoms with Gasteiger partial charge in [0.25, 0.3) is 10.9 Å². The molecule has 6 heteroatoms. The maximum atomic E-state index is 12.0. The van der Waals surface area contributed by atoms with Gasteiger partial charge in [-0.2, -0.15) is 11.3 Å². The first-order valence-electron chi connectivity index (χ1n) is 9.08. The number of nitrogens with zero attached hydrogens (tertiary/aromatic N) is 1. The van der Waals surface area contributed by atoms with Crippen LogP contribution in [0.2, 0.25) is 0 Å². The van der Waals surface area contributed by atoms with Crippen LogP contribution in [-0.2, 0) is 12.8 Å². The van der Waals surface area contributed by atoms with Gasteiger partial charge in [0.15, 0.2) is 0 Å². The summed E-state index contributed by atoms with van der Waals surface area (Å²) in [6.45, 7) is 1.24. The number of anilines is 2. The first-order valence-corrected chi connectivity index (χ1v) is 10.0. The molecule has 0 spiro atoms. The molecule has 27 heavy (non-hydrogen) atoms. The summed E-state index contributed by atoms with van der Waals surface area (Å²) in [5.74, 6) is 0. The third-order valence-electron chi connectivity index (χ3n) is 4.76. The van der Waals surface area contributed by atoms with Crippen molar-refractivity contribution in [1.29, 1.82) is 0 Å². The molecule has 3 aromatic rings. The molecule has 0 bridgehead atoms. The predicted octanol–water partition coefficient (Wildman–Crippen LogP) is 2.58. The van der Waals surface area contributed by atoms with Crippen LogP contribution in [0, 0.1) is 0 Å². The minimum absolute atomic E-state index is 0.218. The third-order valence-corrected chi connectivity index (χ3v) is 5.50. The van der Waals surface area contributed by atoms with Gasteiger partial charge in [-0.1, -0.05) is 30.3 Å². The minimum atomic E-state index is -0.426. The van der Waals surface area contributed by atoms with Gasteiger partial charge >= 0.3 is 0 Å². The molecule has 0 unspecified atom stereocenters. The van der Waals surface area contributed by atoms with Crippen molar-refractivity contribution in [2.24, 2.45) is 0 Å². The van der Waals surface area contributed by atoms with E-state index in [-0.39, 0.29) is 6.04 Å². The Morgan fingerprint density at radius 3 is 2.30 bits per heavy atom. The van der Waals surface area contributed by atoms with Crippen LogP contribution in [0.3, 0.4) is 0 Å². The Morgan fingerprint density at radius 1 is 0.963 bits per heavy atom. The van der Waals surface area contributed by atoms with Gasteiger partial charge in [0.1, 0.15) is 11.4 Å². The fourth-order valence-electron chi connectivity index (χ4n) is 3.04. The Labute approximate surface area is 163 Å². The molecular weight excluding hydrogens is 358 g/mol. The van der Waals surface area contributed by atoms with Crippen LogP contribution in [0.15, 0.2) is 56.7 Å². The van der Waals surface area contributed by atoms with Gasteiger partial charge in [-0.15, -0.1) is 0 Å². The first-order chi connectivity index (χ1) is 13.1. The lowest BCUT2D eigenvalue weighted by Gasteiger charge is -2.26. The summed E-state index contributed by atoms with van der Waals surface area (Å²) in [4.78, 5) is 26.0. The summed E-state index contributed by atoms with van der Waals surface area (Å²) in [6, 6.07) is 12.6. The first kappa shape index (κ1) is 19.3. The van der Waals surface area contributed by atoms with Gasteiger partial charge < -0.3 is 15.5 Å². The lowest BCUT2D eigenvalue weighted by molar-refractivity contribution is 0.303. The highest BCUT2D eigenvalue weighted by atomic mass is 32.1. The molecule has 5 nitrogen and oxygen atoms in total. The van der Waals surface area contributed by atoms with E-state index in [0.29, 0.717) is 24.5 Å². The molecule has 0 aliphatic heterocycles. The molecular formula is C21H25N3O2S. The summed E-state index contributed by atoms with van der Waals surface area (Å²) >= 11 is 1.66. The Morgan fingerprint density at radius 2 is 1.67 bits per heavy atom. The Kier molecular flexibility index (Phi) is 6.42. The fourth-order valence-corrected chi connectivity index (χ4v) is 3.74. The highest BCUT2D eigenvalue weighted by molar-refractivity contribution is 7.07. The standard InChI is InChI=1S/C21H25N3O2S/c1-24(2)17(12-15-6-4-3-5-7-15)13-23-19-18(20(25)21(19)26)22-10-8-16-9-11-27-14-16/h3-7,9,11,14,17,22-23H,8,10,12-13H2,1-2H3/t17-/m1/s1. The quantitative estimate of drug-likeness (QED) is 0.527. The van der Waals surface area contributed by atoms with Crippen LogP contribution in [0.1, 0.15) is 11.1 Å². The van der Waals surface area contributed by atoms with Gasteiger partial charge in [0.05, 0.1) is 0 Å². The zero-order valence-electron chi connectivity index (χ0n) is 15.7. The second kappa shape index (κ2) is 8.97. The number of rotatable bonds is 10. The molecule has 1 aromatic heterocycles. The Hall–Kier alpha value is -2.44. The molecule has 3 rings (SSSR count). The fraction of sp³-hybridized carbons (Fsp3) is 0.333. The summed E-state index contributed by atoms with van der Waals surface area (Å²) in [5, 5.41) is 10.5. The lowest BCUT2D eigenvalue weighted by atomic mass is 10.0. The van der Waals surface area contributed by atoms with Crippen LogP contribution in [0.25, 0.3) is 0 Å². The van der Waals surface area contributed by atoms with E-state index in [1.807, 2.05) is 37.7 Å². The average Bonchev–Trinajstić information content (AvgIpc) is 3.19. The van der Waals surface area contributed by atoms with E-state index in [9.17, 15) is 9.59 Å². The zero-order chi connectivity index (χ0) is 19.2. The third kappa shape index (κ3) is 4.84. The van der Waals surface area contributed by atoms with Crippen molar-refractivity contribution in [3.63, 3.8) is 0 Å². The highest BCUT2D eigenvalue weighted by Crippen LogP contribution is 2.16. The molecule has 1 heterocycles. The molecule has 1 atom stereocenters. The van der Waals surface area contributed by atoms with Crippen LogP contribution in [0.5, 0.6) is 0 Å². The second-order valence-electron chi connectivity index (χ2n) is 6.90. The van der Waals surface area contributed by atoms with Crippen LogP contribution < -0.4 is 21.5 Å². The lowest BCUT2D eigenvalue weighted by Crippen LogP contribution is -2.42. The van der Waals surface area contributed by atoms with Gasteiger partial charge in [-0.3, -0.25) is 9.59 Å². The normalized spacial score (nSPS) is 12.4. The predicted molar refractivity (Wildman–Crippen MR) is 114 cm³/mol. The molecule has 2 N–H and O–H groups in total. The van der Waals surface area contributed by atoms with Crippen molar-refractivity contribution < 1.29 is 0 Å². The van der Waals surface area contributed by atoms with E-state index in [2.05, 4.69) is 39.1 Å². The molecule has 2 aromatic carbocycles. The zero-order valence-corrected chi connectivity index (χ0v) is 16.5. The maximum Gasteiger partial charge on any atom is 0.253 e. The topological polar surface area (TPSA) is 61.4 Å². The smallest absolute Gasteiger partial charge is 0.253 e. The largest absolute Gasteiger partial charge is 0.380 e. The summed E-state index contributed by atoms with van der Waals surface area (Å²) in [7, 11) is 4.05. The van der Waals surface area contributed by atoms with Gasteiger partial charge in [0.2, 0.25) is 0 Å². The number of likely N-dealkylation sites (N-methyl/N-ethyl adjacent to an activating group) is 1. The van der Waals surface area contributed by atoms with E-state index in [1.54, 1.807) is 11.3 Å². The molecule has 0 amide bonds. The molecule has 0 fully saturated rings. The van der Waals surface area contributed by atoms with Crippen molar-refractivity contribution in [3.05, 3.63) is 78.7 Å². The van der Waals surface area contributed by atoms with Crippen molar-refractivity contribution in [2.75, 3.05) is 37.8 Å². The number of hydrogen-bond acceptors (Lipinski definition) is 6. The van der Waals surface area contributed by atoms with Crippen LogP contribution in [0.4, 0.5) is 11.4 Å². The van der Waals surface area contributed by atoms with Gasteiger partial charge in [0, 0.05) is 19.1 Å². The maximum absolute atomic E-state index is 12.0. The SMILES string of the molecule is CN(C)[C@@H](CNc1c(NCCc2ccsc2)c(=O)c1=O)Cc1ccccc1. The summed E-state index contributed by atoms with van der Waals surface area (Å²) < 4.78 is 0. The van der Waals surface area contributed by atoms with E-state index < -0.39 is 10.9 Å². The number of thiophene rings is 1. The second-order valence-corrected chi connectivity index (χ2v) is 7.68. The van der Waals surface area contributed by atoms with Crippen LogP contribution in [-0.4, -0.2) is 38.1 Å². The number of nitrogens with one attached hydrogen (secondary N) is 2. The van der Waals surface area contributed by atoms with Crippen molar-refractivity contribution >= 4 is 22.7 Å². The number of hydrogen-bond donors (Lipinski definition) is 2. The van der Waals surface area contributed by atoms with E-state index >= 15 is 0 Å². The molecule has 0 radical (unpaired) electrons. The monoisotopic (exact) mass is 383 g/mol. The Balaban J connectivity index is 1.58. The Bertz CT molecular complexity index is 913. The van der Waals surface area contributed by atoms with Crippen molar-refractivity contribution in [3.8, 4) is 0 Å². The van der Waals surface area contributed by atoms with E-state index in [4.69, 9.17) is 0 Å². The minimum Gasteiger partial charge on any atom is -0.380 e. The van der Waals surface area contributed by atoms with E-state index in [0.717, 1.165) is 12.8 Å². The van der Waals surface area contributed by atoms with Crippen molar-refractivity contribution in [1.82, 2.24) is 4.90 Å². The molecule has 0 saturated carbocycles. The van der Waals surface area contributed by atoms with Gasteiger partial charge in [-0.25, -0.2) is 0 Å². The summed E-state index contributed by atoms with van der Waals surface area (Å²) in [5.41, 5.74) is 2.48. The average molecular weight is 384 g/mol. The highest BCUT2D eigenvalue weighted by Gasteiger charge is 2.22. The van der Waals surface area contributed by atoms with Crippen molar-refractivity contribution in [2.45, 2.75) is 18.9 Å². The molecule has 142 valence electrons. The van der Waals surface area contributed by atoms with E-state index in [1.165, 1.54) is 11.1 Å². The molecule has 0 aliphatic rings. The number of benzene rings is 1.